The van der Waals surface area contributed by atoms with Gasteiger partial charge in [0.25, 0.3) is 0 Å². The number of nitrogens with one attached hydrogen (secondary N) is 1. The van der Waals surface area contributed by atoms with Crippen LogP contribution in [0.1, 0.15) is 32.1 Å². The fraction of sp³-hybridized carbons (Fsp3) is 1.00. The van der Waals surface area contributed by atoms with Gasteiger partial charge in [-0.15, -0.1) is 0 Å². The maximum atomic E-state index is 11.9. The van der Waals surface area contributed by atoms with Crippen LogP contribution < -0.4 is 5.32 Å². The van der Waals surface area contributed by atoms with Crippen molar-refractivity contribution in [3.05, 3.63) is 0 Å². The standard InChI is InChI=1S/C12H22F3NO2/c1-16-10(4-5-11-3-2-7-18-11)6-8-17-9-12(13,14)15/h10-11,16H,2-9H2,1H3. The Morgan fingerprint density at radius 2 is 2.17 bits per heavy atom. The van der Waals surface area contributed by atoms with E-state index in [9.17, 15) is 13.2 Å². The molecule has 0 radical (unpaired) electrons. The molecule has 1 N–H and O–H groups in total. The summed E-state index contributed by atoms with van der Waals surface area (Å²) in [7, 11) is 1.82. The van der Waals surface area contributed by atoms with E-state index in [4.69, 9.17) is 4.74 Å². The van der Waals surface area contributed by atoms with Gasteiger partial charge in [0.1, 0.15) is 6.61 Å². The van der Waals surface area contributed by atoms with E-state index in [1.54, 1.807) is 0 Å². The van der Waals surface area contributed by atoms with Gasteiger partial charge in [-0.3, -0.25) is 0 Å². The van der Waals surface area contributed by atoms with Crippen molar-refractivity contribution in [2.75, 3.05) is 26.9 Å². The maximum absolute atomic E-state index is 11.9. The Morgan fingerprint density at radius 1 is 1.39 bits per heavy atom. The number of hydrogen-bond donors (Lipinski definition) is 1. The zero-order chi connectivity index (χ0) is 13.4. The highest BCUT2D eigenvalue weighted by Crippen LogP contribution is 2.19. The Morgan fingerprint density at radius 3 is 2.72 bits per heavy atom. The maximum Gasteiger partial charge on any atom is 0.411 e. The third-order valence-electron chi connectivity index (χ3n) is 3.15. The molecule has 1 saturated heterocycles. The van der Waals surface area contributed by atoms with E-state index in [1.807, 2.05) is 7.05 Å². The van der Waals surface area contributed by atoms with Crippen LogP contribution in [0.4, 0.5) is 13.2 Å². The molecule has 3 nitrogen and oxygen atoms in total. The molecule has 0 bridgehead atoms. The normalized spacial score (nSPS) is 22.3. The van der Waals surface area contributed by atoms with Crippen LogP contribution in [-0.4, -0.2) is 45.2 Å². The average molecular weight is 269 g/mol. The Balaban J connectivity index is 2.05. The lowest BCUT2D eigenvalue weighted by molar-refractivity contribution is -0.174. The second kappa shape index (κ2) is 7.96. The second-order valence-corrected chi connectivity index (χ2v) is 4.65. The average Bonchev–Trinajstić information content (AvgIpc) is 2.79. The van der Waals surface area contributed by atoms with E-state index >= 15 is 0 Å². The molecule has 6 heteroatoms. The summed E-state index contributed by atoms with van der Waals surface area (Å²) < 4.78 is 45.7. The Labute approximate surface area is 106 Å². The van der Waals surface area contributed by atoms with Crippen molar-refractivity contribution in [1.29, 1.82) is 0 Å². The number of hydrogen-bond acceptors (Lipinski definition) is 3. The number of halogens is 3. The van der Waals surface area contributed by atoms with Gasteiger partial charge in [0, 0.05) is 19.3 Å². The lowest BCUT2D eigenvalue weighted by Gasteiger charge is -2.18. The largest absolute Gasteiger partial charge is 0.411 e. The first kappa shape index (κ1) is 15.7. The molecule has 0 aromatic rings. The molecule has 2 unspecified atom stereocenters. The summed E-state index contributed by atoms with van der Waals surface area (Å²) in [5.41, 5.74) is 0. The van der Waals surface area contributed by atoms with E-state index < -0.39 is 12.8 Å². The molecule has 1 heterocycles. The molecule has 0 saturated carbocycles. The van der Waals surface area contributed by atoms with Crippen molar-refractivity contribution in [1.82, 2.24) is 5.32 Å². The highest BCUT2D eigenvalue weighted by molar-refractivity contribution is 4.71. The molecule has 0 aromatic carbocycles. The fourth-order valence-corrected chi connectivity index (χ4v) is 2.11. The fourth-order valence-electron chi connectivity index (χ4n) is 2.11. The SMILES string of the molecule is CNC(CCOCC(F)(F)F)CCC1CCCO1. The third-order valence-corrected chi connectivity index (χ3v) is 3.15. The van der Waals surface area contributed by atoms with E-state index in [-0.39, 0.29) is 12.6 Å². The number of ether oxygens (including phenoxy) is 2. The zero-order valence-corrected chi connectivity index (χ0v) is 10.8. The van der Waals surface area contributed by atoms with Crippen molar-refractivity contribution in [2.24, 2.45) is 0 Å². The molecular formula is C12H22F3NO2. The molecule has 18 heavy (non-hydrogen) atoms. The van der Waals surface area contributed by atoms with Crippen LogP contribution in [0.25, 0.3) is 0 Å². The van der Waals surface area contributed by atoms with Gasteiger partial charge in [0.15, 0.2) is 0 Å². The Hall–Kier alpha value is -0.330. The van der Waals surface area contributed by atoms with Crippen molar-refractivity contribution < 1.29 is 22.6 Å². The summed E-state index contributed by atoms with van der Waals surface area (Å²) in [6.07, 6.45) is 0.787. The van der Waals surface area contributed by atoms with E-state index in [0.29, 0.717) is 12.5 Å². The van der Waals surface area contributed by atoms with E-state index in [1.165, 1.54) is 0 Å². The summed E-state index contributed by atoms with van der Waals surface area (Å²) in [5, 5.41) is 3.11. The third kappa shape index (κ3) is 7.18. The predicted octanol–water partition coefficient (Wildman–Crippen LogP) is 2.50. The molecule has 0 amide bonds. The van der Waals surface area contributed by atoms with Crippen molar-refractivity contribution in [3.8, 4) is 0 Å². The first-order valence-corrected chi connectivity index (χ1v) is 6.44. The molecule has 1 fully saturated rings. The van der Waals surface area contributed by atoms with Gasteiger partial charge >= 0.3 is 6.18 Å². The summed E-state index contributed by atoms with van der Waals surface area (Å²) in [4.78, 5) is 0. The minimum Gasteiger partial charge on any atom is -0.378 e. The Bertz CT molecular complexity index is 218. The molecule has 0 aliphatic carbocycles. The molecule has 1 aliphatic rings. The van der Waals surface area contributed by atoms with Gasteiger partial charge in [0.2, 0.25) is 0 Å². The van der Waals surface area contributed by atoms with Crippen LogP contribution in [0.2, 0.25) is 0 Å². The zero-order valence-electron chi connectivity index (χ0n) is 10.8. The van der Waals surface area contributed by atoms with Crippen molar-refractivity contribution in [3.63, 3.8) is 0 Å². The van der Waals surface area contributed by atoms with E-state index in [2.05, 4.69) is 10.1 Å². The molecule has 2 atom stereocenters. The highest BCUT2D eigenvalue weighted by atomic mass is 19.4. The lowest BCUT2D eigenvalue weighted by atomic mass is 10.0. The quantitative estimate of drug-likeness (QED) is 0.687. The highest BCUT2D eigenvalue weighted by Gasteiger charge is 2.27. The Kier molecular flexibility index (Phi) is 6.96. The lowest BCUT2D eigenvalue weighted by Crippen LogP contribution is -2.29. The van der Waals surface area contributed by atoms with Crippen molar-refractivity contribution >= 4 is 0 Å². The van der Waals surface area contributed by atoms with Gasteiger partial charge in [-0.1, -0.05) is 0 Å². The van der Waals surface area contributed by atoms with Gasteiger partial charge in [-0.2, -0.15) is 13.2 Å². The van der Waals surface area contributed by atoms with E-state index in [0.717, 1.165) is 32.3 Å². The summed E-state index contributed by atoms with van der Waals surface area (Å²) in [6, 6.07) is 0.197. The molecule has 0 aromatic heterocycles. The van der Waals surface area contributed by atoms with Crippen LogP contribution in [0, 0.1) is 0 Å². The molecule has 108 valence electrons. The monoisotopic (exact) mass is 269 g/mol. The summed E-state index contributed by atoms with van der Waals surface area (Å²) >= 11 is 0. The van der Waals surface area contributed by atoms with Crippen LogP contribution in [-0.2, 0) is 9.47 Å². The van der Waals surface area contributed by atoms with Gasteiger partial charge in [0.05, 0.1) is 6.10 Å². The number of rotatable bonds is 8. The van der Waals surface area contributed by atoms with Crippen LogP contribution in [0.3, 0.4) is 0 Å². The van der Waals surface area contributed by atoms with Gasteiger partial charge in [-0.05, 0) is 39.2 Å². The molecule has 1 aliphatic heterocycles. The van der Waals surface area contributed by atoms with Crippen LogP contribution >= 0.6 is 0 Å². The van der Waals surface area contributed by atoms with Crippen LogP contribution in [0.15, 0.2) is 0 Å². The molecular weight excluding hydrogens is 247 g/mol. The second-order valence-electron chi connectivity index (χ2n) is 4.65. The summed E-state index contributed by atoms with van der Waals surface area (Å²) in [5.74, 6) is 0. The van der Waals surface area contributed by atoms with Crippen molar-refractivity contribution in [2.45, 2.75) is 50.4 Å². The smallest absolute Gasteiger partial charge is 0.378 e. The topological polar surface area (TPSA) is 30.5 Å². The first-order valence-electron chi connectivity index (χ1n) is 6.44. The van der Waals surface area contributed by atoms with Crippen LogP contribution in [0.5, 0.6) is 0 Å². The minimum absolute atomic E-state index is 0.135. The predicted molar refractivity (Wildman–Crippen MR) is 62.5 cm³/mol. The summed E-state index contributed by atoms with van der Waals surface area (Å²) in [6.45, 7) is -0.185. The molecule has 0 spiro atoms. The minimum atomic E-state index is -4.23. The number of alkyl halides is 3. The molecule has 1 rings (SSSR count). The first-order chi connectivity index (χ1) is 8.51. The van der Waals surface area contributed by atoms with Gasteiger partial charge in [-0.25, -0.2) is 0 Å². The van der Waals surface area contributed by atoms with Gasteiger partial charge < -0.3 is 14.8 Å².